The molecule has 0 amide bonds. The summed E-state index contributed by atoms with van der Waals surface area (Å²) in [6, 6.07) is 8.70. The molecule has 0 bridgehead atoms. The number of nitrogens with one attached hydrogen (secondary N) is 1. The first-order chi connectivity index (χ1) is 10.2. The van der Waals surface area contributed by atoms with Crippen LogP contribution in [0.5, 0.6) is 0 Å². The molecule has 1 aliphatic rings. The highest BCUT2D eigenvalue weighted by atomic mass is 15.2. The van der Waals surface area contributed by atoms with Crippen molar-refractivity contribution in [3.63, 3.8) is 0 Å². The molecule has 1 aliphatic carbocycles. The molecule has 2 aromatic rings. The number of rotatable bonds is 5. The van der Waals surface area contributed by atoms with E-state index >= 15 is 0 Å². The van der Waals surface area contributed by atoms with Crippen molar-refractivity contribution in [1.82, 2.24) is 14.9 Å². The number of aromatic nitrogens is 2. The highest BCUT2D eigenvalue weighted by Gasteiger charge is 2.18. The van der Waals surface area contributed by atoms with Crippen LogP contribution < -0.4 is 11.1 Å². The van der Waals surface area contributed by atoms with Crippen LogP contribution in [0.4, 0.5) is 11.8 Å². The normalized spacial score (nSPS) is 15.9. The van der Waals surface area contributed by atoms with E-state index in [4.69, 9.17) is 5.73 Å². The third-order valence-corrected chi connectivity index (χ3v) is 4.33. The van der Waals surface area contributed by atoms with E-state index in [1.54, 1.807) is 0 Å². The molecule has 1 aromatic carbocycles. The molecule has 21 heavy (non-hydrogen) atoms. The van der Waals surface area contributed by atoms with Crippen LogP contribution in [0.2, 0.25) is 0 Å². The Morgan fingerprint density at radius 1 is 1.24 bits per heavy atom. The first-order valence-electron chi connectivity index (χ1n) is 7.70. The molecule has 0 atom stereocenters. The molecule has 1 saturated carbocycles. The minimum Gasteiger partial charge on any atom is -0.368 e. The summed E-state index contributed by atoms with van der Waals surface area (Å²) in [4.78, 5) is 11.0. The molecule has 3 N–H and O–H groups in total. The number of fused-ring (bicyclic) bond motifs is 1. The maximum absolute atomic E-state index is 5.78. The molecule has 1 aromatic heterocycles. The van der Waals surface area contributed by atoms with Crippen molar-refractivity contribution in [2.75, 3.05) is 31.2 Å². The van der Waals surface area contributed by atoms with Crippen LogP contribution in [0, 0.1) is 0 Å². The van der Waals surface area contributed by atoms with E-state index in [9.17, 15) is 0 Å². The fourth-order valence-electron chi connectivity index (χ4n) is 3.11. The van der Waals surface area contributed by atoms with Gasteiger partial charge in [-0.05, 0) is 32.0 Å². The Kier molecular flexibility index (Phi) is 4.20. The fraction of sp³-hybridized carbons (Fsp3) is 0.500. The van der Waals surface area contributed by atoms with Gasteiger partial charge in [-0.1, -0.05) is 25.0 Å². The van der Waals surface area contributed by atoms with Gasteiger partial charge in [0.1, 0.15) is 5.82 Å². The van der Waals surface area contributed by atoms with Crippen molar-refractivity contribution in [1.29, 1.82) is 0 Å². The van der Waals surface area contributed by atoms with Gasteiger partial charge >= 0.3 is 0 Å². The quantitative estimate of drug-likeness (QED) is 0.883. The largest absolute Gasteiger partial charge is 0.368 e. The number of anilines is 2. The number of nitrogens with two attached hydrogens (primary N) is 1. The summed E-state index contributed by atoms with van der Waals surface area (Å²) in [6.07, 6.45) is 5.41. The lowest BCUT2D eigenvalue weighted by molar-refractivity contribution is 0.254. The van der Waals surface area contributed by atoms with Gasteiger partial charge in [-0.25, -0.2) is 4.98 Å². The maximum atomic E-state index is 5.78. The molecule has 3 rings (SSSR count). The van der Waals surface area contributed by atoms with Gasteiger partial charge in [0.25, 0.3) is 0 Å². The minimum absolute atomic E-state index is 0.320. The first kappa shape index (κ1) is 14.1. The molecular weight excluding hydrogens is 262 g/mol. The number of benzene rings is 1. The Morgan fingerprint density at radius 2 is 2.00 bits per heavy atom. The Balaban J connectivity index is 1.65. The number of likely N-dealkylation sites (N-methyl/N-ethyl adjacent to an activating group) is 1. The number of hydrogen-bond donors (Lipinski definition) is 2. The van der Waals surface area contributed by atoms with Gasteiger partial charge in [-0.3, -0.25) is 0 Å². The minimum atomic E-state index is 0.320. The zero-order chi connectivity index (χ0) is 14.7. The SMILES string of the molecule is CN(CCNc1nc(N)nc2ccccc12)C1CCCC1. The molecule has 1 fully saturated rings. The van der Waals surface area contributed by atoms with Gasteiger partial charge in [-0.2, -0.15) is 4.98 Å². The second-order valence-electron chi connectivity index (χ2n) is 5.79. The maximum Gasteiger partial charge on any atom is 0.222 e. The number of hydrogen-bond acceptors (Lipinski definition) is 5. The zero-order valence-electron chi connectivity index (χ0n) is 12.5. The Morgan fingerprint density at radius 3 is 2.81 bits per heavy atom. The molecule has 0 radical (unpaired) electrons. The summed E-state index contributed by atoms with van der Waals surface area (Å²) in [7, 11) is 2.21. The molecule has 0 spiro atoms. The first-order valence-corrected chi connectivity index (χ1v) is 7.70. The summed E-state index contributed by atoms with van der Waals surface area (Å²) in [6.45, 7) is 1.89. The Labute approximate surface area is 125 Å². The predicted molar refractivity (Wildman–Crippen MR) is 87.3 cm³/mol. The van der Waals surface area contributed by atoms with Crippen LogP contribution in [-0.2, 0) is 0 Å². The van der Waals surface area contributed by atoms with E-state index in [1.165, 1.54) is 25.7 Å². The smallest absolute Gasteiger partial charge is 0.222 e. The van der Waals surface area contributed by atoms with Gasteiger partial charge < -0.3 is 16.0 Å². The summed E-state index contributed by atoms with van der Waals surface area (Å²) >= 11 is 0. The Bertz CT molecular complexity index is 607. The number of para-hydroxylation sites is 1. The predicted octanol–water partition coefficient (Wildman–Crippen LogP) is 2.50. The van der Waals surface area contributed by atoms with Gasteiger partial charge in [0.15, 0.2) is 0 Å². The van der Waals surface area contributed by atoms with Crippen LogP contribution in [0.3, 0.4) is 0 Å². The topological polar surface area (TPSA) is 67.1 Å². The standard InChI is InChI=1S/C16H23N5/c1-21(12-6-2-3-7-12)11-10-18-15-13-8-4-5-9-14(13)19-16(17)20-15/h4-5,8-9,12H,2-3,6-7,10-11H2,1H3,(H3,17,18,19,20). The molecule has 0 aliphatic heterocycles. The molecule has 0 saturated heterocycles. The second-order valence-corrected chi connectivity index (χ2v) is 5.79. The van der Waals surface area contributed by atoms with Crippen LogP contribution in [0.15, 0.2) is 24.3 Å². The van der Waals surface area contributed by atoms with Crippen LogP contribution >= 0.6 is 0 Å². The molecule has 5 heteroatoms. The molecule has 0 unspecified atom stereocenters. The summed E-state index contributed by atoms with van der Waals surface area (Å²) in [5.74, 6) is 1.15. The highest BCUT2D eigenvalue weighted by molar-refractivity contribution is 5.89. The van der Waals surface area contributed by atoms with Gasteiger partial charge in [-0.15, -0.1) is 0 Å². The lowest BCUT2D eigenvalue weighted by atomic mass is 10.2. The van der Waals surface area contributed by atoms with E-state index in [0.29, 0.717) is 5.95 Å². The fourth-order valence-corrected chi connectivity index (χ4v) is 3.11. The van der Waals surface area contributed by atoms with Gasteiger partial charge in [0.05, 0.1) is 5.52 Å². The number of nitrogen functional groups attached to an aromatic ring is 1. The van der Waals surface area contributed by atoms with Crippen LogP contribution in [0.1, 0.15) is 25.7 Å². The summed E-state index contributed by atoms with van der Waals surface area (Å²) < 4.78 is 0. The van der Waals surface area contributed by atoms with Crippen molar-refractivity contribution in [3.8, 4) is 0 Å². The number of nitrogens with zero attached hydrogens (tertiary/aromatic N) is 3. The molecule has 1 heterocycles. The van der Waals surface area contributed by atoms with Crippen molar-refractivity contribution in [3.05, 3.63) is 24.3 Å². The Hall–Kier alpha value is -1.88. The monoisotopic (exact) mass is 285 g/mol. The lowest BCUT2D eigenvalue weighted by Gasteiger charge is -2.24. The van der Waals surface area contributed by atoms with Crippen LogP contribution in [0.25, 0.3) is 10.9 Å². The highest BCUT2D eigenvalue weighted by Crippen LogP contribution is 2.23. The van der Waals surface area contributed by atoms with Crippen molar-refractivity contribution < 1.29 is 0 Å². The van der Waals surface area contributed by atoms with Gasteiger partial charge in [0, 0.05) is 24.5 Å². The average molecular weight is 285 g/mol. The molecular formula is C16H23N5. The van der Waals surface area contributed by atoms with E-state index in [0.717, 1.165) is 35.9 Å². The van der Waals surface area contributed by atoms with E-state index in [1.807, 2.05) is 24.3 Å². The molecule has 5 nitrogen and oxygen atoms in total. The van der Waals surface area contributed by atoms with Gasteiger partial charge in [0.2, 0.25) is 5.95 Å². The lowest BCUT2D eigenvalue weighted by Crippen LogP contribution is -2.33. The second kappa shape index (κ2) is 6.26. The zero-order valence-corrected chi connectivity index (χ0v) is 12.5. The summed E-state index contributed by atoms with van der Waals surface area (Å²) in [5, 5.41) is 4.43. The van der Waals surface area contributed by atoms with E-state index in [2.05, 4.69) is 27.2 Å². The molecule has 112 valence electrons. The average Bonchev–Trinajstić information content (AvgIpc) is 3.01. The summed E-state index contributed by atoms with van der Waals surface area (Å²) in [5.41, 5.74) is 6.67. The third-order valence-electron chi connectivity index (χ3n) is 4.33. The van der Waals surface area contributed by atoms with Crippen molar-refractivity contribution >= 4 is 22.7 Å². The van der Waals surface area contributed by atoms with Crippen molar-refractivity contribution in [2.45, 2.75) is 31.7 Å². The van der Waals surface area contributed by atoms with Crippen molar-refractivity contribution in [2.24, 2.45) is 0 Å². The van der Waals surface area contributed by atoms with E-state index in [-0.39, 0.29) is 0 Å². The van der Waals surface area contributed by atoms with E-state index < -0.39 is 0 Å². The third kappa shape index (κ3) is 3.24. The van der Waals surface area contributed by atoms with Crippen LogP contribution in [-0.4, -0.2) is 41.0 Å².